The van der Waals surface area contributed by atoms with Crippen LogP contribution in [0.1, 0.15) is 19.4 Å². The van der Waals surface area contributed by atoms with E-state index in [2.05, 4.69) is 5.32 Å². The monoisotopic (exact) mass is 303 g/mol. The van der Waals surface area contributed by atoms with Crippen LogP contribution in [-0.4, -0.2) is 24.5 Å². The van der Waals surface area contributed by atoms with Gasteiger partial charge in [-0.25, -0.2) is 4.79 Å². The van der Waals surface area contributed by atoms with Gasteiger partial charge in [0.05, 0.1) is 6.61 Å². The van der Waals surface area contributed by atoms with Crippen molar-refractivity contribution in [3.63, 3.8) is 0 Å². The van der Waals surface area contributed by atoms with Crippen LogP contribution in [0.4, 0.5) is 0 Å². The first-order valence-corrected chi connectivity index (χ1v) is 6.57. The van der Waals surface area contributed by atoms with Crippen LogP contribution in [0.25, 0.3) is 0 Å². The summed E-state index contributed by atoms with van der Waals surface area (Å²) in [6, 6.07) is 4.24. The number of amides is 1. The zero-order valence-electron chi connectivity index (χ0n) is 10.7. The largest absolute Gasteiger partial charge is 0.464 e. The number of ether oxygens (including phenoxy) is 1. The summed E-state index contributed by atoms with van der Waals surface area (Å²) in [6.07, 6.45) is 0.258. The van der Waals surface area contributed by atoms with Crippen LogP contribution < -0.4 is 5.32 Å². The van der Waals surface area contributed by atoms with Crippen molar-refractivity contribution in [2.45, 2.75) is 26.3 Å². The molecule has 0 heterocycles. The lowest BCUT2D eigenvalue weighted by Crippen LogP contribution is -2.42. The molecule has 0 aromatic heterocycles. The Morgan fingerprint density at radius 2 is 2.05 bits per heavy atom. The van der Waals surface area contributed by atoms with E-state index in [4.69, 9.17) is 27.9 Å². The number of benzene rings is 1. The predicted octanol–water partition coefficient (Wildman–Crippen LogP) is 2.60. The lowest BCUT2D eigenvalue weighted by atomic mass is 10.1. The molecule has 0 aliphatic heterocycles. The summed E-state index contributed by atoms with van der Waals surface area (Å²) in [5.41, 5.74) is 0.720. The van der Waals surface area contributed by atoms with E-state index in [0.29, 0.717) is 10.0 Å². The summed E-state index contributed by atoms with van der Waals surface area (Å²) in [7, 11) is 0. The maximum atomic E-state index is 11.8. The second kappa shape index (κ2) is 7.36. The van der Waals surface area contributed by atoms with Crippen LogP contribution in [0.2, 0.25) is 10.0 Å². The smallest absolute Gasteiger partial charge is 0.328 e. The molecular weight excluding hydrogens is 289 g/mol. The van der Waals surface area contributed by atoms with Crippen molar-refractivity contribution in [3.05, 3.63) is 33.8 Å². The molecule has 1 rings (SSSR count). The number of hydrogen-bond acceptors (Lipinski definition) is 3. The normalized spacial score (nSPS) is 11.8. The maximum Gasteiger partial charge on any atom is 0.328 e. The molecule has 6 heteroatoms. The van der Waals surface area contributed by atoms with E-state index in [1.807, 2.05) is 0 Å². The van der Waals surface area contributed by atoms with Crippen molar-refractivity contribution in [3.8, 4) is 0 Å². The zero-order valence-corrected chi connectivity index (χ0v) is 12.2. The van der Waals surface area contributed by atoms with Gasteiger partial charge in [-0.2, -0.15) is 0 Å². The van der Waals surface area contributed by atoms with Gasteiger partial charge in [-0.3, -0.25) is 4.79 Å². The van der Waals surface area contributed by atoms with E-state index in [1.54, 1.807) is 25.1 Å². The molecule has 4 nitrogen and oxygen atoms in total. The topological polar surface area (TPSA) is 55.4 Å². The van der Waals surface area contributed by atoms with Crippen LogP contribution in [0.5, 0.6) is 0 Å². The van der Waals surface area contributed by atoms with Crippen molar-refractivity contribution in [1.29, 1.82) is 0 Å². The summed E-state index contributed by atoms with van der Waals surface area (Å²) in [6.45, 7) is 3.30. The van der Waals surface area contributed by atoms with Crippen LogP contribution in [-0.2, 0) is 20.7 Å². The number of esters is 1. The Balaban J connectivity index is 2.87. The Morgan fingerprint density at radius 1 is 1.37 bits per heavy atom. The van der Waals surface area contributed by atoms with Gasteiger partial charge in [-0.15, -0.1) is 0 Å². The average molecular weight is 304 g/mol. The predicted molar refractivity (Wildman–Crippen MR) is 74.4 cm³/mol. The Hall–Kier alpha value is -1.26. The Bertz CT molecular complexity index is 477. The molecule has 1 aromatic rings. The molecular formula is C13H15Cl2NO3. The number of hydrogen-bond donors (Lipinski definition) is 1. The van der Waals surface area contributed by atoms with Gasteiger partial charge in [0.1, 0.15) is 6.04 Å². The molecule has 0 aliphatic rings. The van der Waals surface area contributed by atoms with Crippen molar-refractivity contribution < 1.29 is 14.3 Å². The summed E-state index contributed by atoms with van der Waals surface area (Å²) < 4.78 is 4.92. The number of halogens is 2. The molecule has 0 aliphatic carbocycles. The molecule has 1 atom stereocenters. The highest BCUT2D eigenvalue weighted by Crippen LogP contribution is 2.22. The molecule has 0 spiro atoms. The standard InChI is InChI=1S/C13H15Cl2NO3/c1-3-19-13(18)12(16-8(2)17)6-9-4-5-10(14)7-11(9)15/h4-5,7,12H,3,6H2,1-2H3,(H,16,17)/t12-/m1/s1. The highest BCUT2D eigenvalue weighted by atomic mass is 35.5. The van der Waals surface area contributed by atoms with Crippen LogP contribution in [0.3, 0.4) is 0 Å². The number of carbonyl (C=O) groups excluding carboxylic acids is 2. The minimum atomic E-state index is -0.754. The second-order valence-electron chi connectivity index (χ2n) is 3.95. The molecule has 0 radical (unpaired) electrons. The molecule has 1 amide bonds. The minimum Gasteiger partial charge on any atom is -0.464 e. The minimum absolute atomic E-state index is 0.253. The van der Waals surface area contributed by atoms with Gasteiger partial charge < -0.3 is 10.1 Å². The first kappa shape index (κ1) is 15.8. The van der Waals surface area contributed by atoms with Crippen molar-refractivity contribution in [2.24, 2.45) is 0 Å². The Morgan fingerprint density at radius 3 is 2.58 bits per heavy atom. The van der Waals surface area contributed by atoms with Gasteiger partial charge in [0, 0.05) is 23.4 Å². The van der Waals surface area contributed by atoms with Crippen molar-refractivity contribution in [2.75, 3.05) is 6.61 Å². The maximum absolute atomic E-state index is 11.8. The van der Waals surface area contributed by atoms with Gasteiger partial charge in [-0.05, 0) is 24.6 Å². The second-order valence-corrected chi connectivity index (χ2v) is 4.79. The van der Waals surface area contributed by atoms with Crippen molar-refractivity contribution in [1.82, 2.24) is 5.32 Å². The quantitative estimate of drug-likeness (QED) is 0.851. The van der Waals surface area contributed by atoms with Gasteiger partial charge in [0.15, 0.2) is 0 Å². The van der Waals surface area contributed by atoms with Crippen LogP contribution in [0, 0.1) is 0 Å². The third-order valence-corrected chi connectivity index (χ3v) is 2.97. The summed E-state index contributed by atoms with van der Waals surface area (Å²) in [5.74, 6) is -0.785. The summed E-state index contributed by atoms with van der Waals surface area (Å²) >= 11 is 11.8. The molecule has 0 bridgehead atoms. The van der Waals surface area contributed by atoms with Gasteiger partial charge in [0.2, 0.25) is 5.91 Å². The fourth-order valence-electron chi connectivity index (χ4n) is 1.59. The third-order valence-electron chi connectivity index (χ3n) is 2.39. The van der Waals surface area contributed by atoms with E-state index in [-0.39, 0.29) is 18.9 Å². The van der Waals surface area contributed by atoms with Gasteiger partial charge in [0.25, 0.3) is 0 Å². The zero-order chi connectivity index (χ0) is 14.4. The Kier molecular flexibility index (Phi) is 6.12. The molecule has 0 saturated heterocycles. The highest BCUT2D eigenvalue weighted by molar-refractivity contribution is 6.35. The lowest BCUT2D eigenvalue weighted by Gasteiger charge is -2.17. The van der Waals surface area contributed by atoms with E-state index >= 15 is 0 Å². The average Bonchev–Trinajstić information content (AvgIpc) is 2.31. The van der Waals surface area contributed by atoms with Gasteiger partial charge >= 0.3 is 5.97 Å². The van der Waals surface area contributed by atoms with Crippen molar-refractivity contribution >= 4 is 35.1 Å². The molecule has 0 fully saturated rings. The SMILES string of the molecule is CCOC(=O)[C@@H](Cc1ccc(Cl)cc1Cl)NC(C)=O. The first-order chi connectivity index (χ1) is 8.93. The number of nitrogens with one attached hydrogen (secondary N) is 1. The summed E-state index contributed by atoms with van der Waals surface area (Å²) in [4.78, 5) is 22.9. The molecule has 0 saturated carbocycles. The fourth-order valence-corrected chi connectivity index (χ4v) is 2.07. The van der Waals surface area contributed by atoms with Gasteiger partial charge in [-0.1, -0.05) is 29.3 Å². The van der Waals surface area contributed by atoms with E-state index in [9.17, 15) is 9.59 Å². The van der Waals surface area contributed by atoms with E-state index in [1.165, 1.54) is 6.92 Å². The lowest BCUT2D eigenvalue weighted by molar-refractivity contribution is -0.147. The first-order valence-electron chi connectivity index (χ1n) is 5.81. The van der Waals surface area contributed by atoms with E-state index in [0.717, 1.165) is 5.56 Å². The number of carbonyl (C=O) groups is 2. The third kappa shape index (κ3) is 5.09. The molecule has 1 aromatic carbocycles. The van der Waals surface area contributed by atoms with Crippen LogP contribution in [0.15, 0.2) is 18.2 Å². The fraction of sp³-hybridized carbons (Fsp3) is 0.385. The molecule has 19 heavy (non-hydrogen) atoms. The molecule has 1 N–H and O–H groups in total. The van der Waals surface area contributed by atoms with Crippen LogP contribution >= 0.6 is 23.2 Å². The highest BCUT2D eigenvalue weighted by Gasteiger charge is 2.22. The Labute approximate surface area is 122 Å². The molecule has 0 unspecified atom stereocenters. The molecule has 104 valence electrons. The van der Waals surface area contributed by atoms with E-state index < -0.39 is 12.0 Å². The number of rotatable bonds is 5. The summed E-state index contributed by atoms with van der Waals surface area (Å²) in [5, 5.41) is 3.52.